The molecule has 0 bridgehead atoms. The number of unbranched alkanes of at least 4 members (excludes halogenated alkanes) is 17. The highest BCUT2D eigenvalue weighted by Crippen LogP contribution is 2.18. The second-order valence-electron chi connectivity index (χ2n) is 8.69. The first kappa shape index (κ1) is 25.0. The molecule has 0 nitrogen and oxygen atoms in total. The third kappa shape index (κ3) is 22.0. The van der Waals surface area contributed by atoms with Crippen LogP contribution in [0.1, 0.15) is 156 Å². The topological polar surface area (TPSA) is 0 Å². The number of rotatable bonds is 21. The molecular formula is C25H52. The van der Waals surface area contributed by atoms with E-state index in [1.54, 1.807) is 0 Å². The lowest BCUT2D eigenvalue weighted by Crippen LogP contribution is -1.94. The fourth-order valence-corrected chi connectivity index (χ4v) is 3.93. The zero-order chi connectivity index (χ0) is 18.4. The van der Waals surface area contributed by atoms with Gasteiger partial charge in [0.2, 0.25) is 0 Å². The van der Waals surface area contributed by atoms with Gasteiger partial charge in [-0.1, -0.05) is 156 Å². The summed E-state index contributed by atoms with van der Waals surface area (Å²) in [6, 6.07) is 0. The van der Waals surface area contributed by atoms with Crippen LogP contribution in [0.3, 0.4) is 0 Å². The molecule has 0 aromatic rings. The standard InChI is InChI=1S/C25H52/c1-4-6-8-9-10-11-12-13-14-15-16-17-18-19-20-22-24-25(3)23-21-7-5-2/h25H,4-24H2,1-3H3. The minimum absolute atomic E-state index is 0.971. The second-order valence-corrected chi connectivity index (χ2v) is 8.69. The highest BCUT2D eigenvalue weighted by molar-refractivity contribution is 4.55. The molecule has 0 heterocycles. The average Bonchev–Trinajstić information content (AvgIpc) is 2.61. The van der Waals surface area contributed by atoms with E-state index in [9.17, 15) is 0 Å². The predicted molar refractivity (Wildman–Crippen MR) is 117 cm³/mol. The van der Waals surface area contributed by atoms with Crippen LogP contribution in [0.5, 0.6) is 0 Å². The van der Waals surface area contributed by atoms with Gasteiger partial charge in [0.1, 0.15) is 0 Å². The van der Waals surface area contributed by atoms with Gasteiger partial charge >= 0.3 is 0 Å². The van der Waals surface area contributed by atoms with Crippen LogP contribution in [-0.2, 0) is 0 Å². The van der Waals surface area contributed by atoms with Crippen molar-refractivity contribution in [2.24, 2.45) is 5.92 Å². The Morgan fingerprint density at radius 3 is 0.960 bits per heavy atom. The summed E-state index contributed by atoms with van der Waals surface area (Å²) in [6.45, 7) is 7.07. The van der Waals surface area contributed by atoms with Crippen molar-refractivity contribution in [1.29, 1.82) is 0 Å². The van der Waals surface area contributed by atoms with Gasteiger partial charge in [0.25, 0.3) is 0 Å². The summed E-state index contributed by atoms with van der Waals surface area (Å²) in [5, 5.41) is 0. The predicted octanol–water partition coefficient (Wildman–Crippen LogP) is 9.85. The van der Waals surface area contributed by atoms with Crippen LogP contribution in [0.15, 0.2) is 0 Å². The van der Waals surface area contributed by atoms with Crippen LogP contribution in [0.25, 0.3) is 0 Å². The molecule has 0 amide bonds. The molecule has 0 rings (SSSR count). The van der Waals surface area contributed by atoms with Crippen LogP contribution >= 0.6 is 0 Å². The van der Waals surface area contributed by atoms with E-state index in [0.29, 0.717) is 0 Å². The molecule has 0 saturated heterocycles. The van der Waals surface area contributed by atoms with Crippen molar-refractivity contribution < 1.29 is 0 Å². The lowest BCUT2D eigenvalue weighted by molar-refractivity contribution is 0.435. The molecule has 0 heteroatoms. The highest BCUT2D eigenvalue weighted by Gasteiger charge is 2.01. The molecule has 0 saturated carbocycles. The van der Waals surface area contributed by atoms with Gasteiger partial charge in [-0.2, -0.15) is 0 Å². The van der Waals surface area contributed by atoms with E-state index in [2.05, 4.69) is 20.8 Å². The van der Waals surface area contributed by atoms with Gasteiger partial charge in [-0.05, 0) is 5.92 Å². The van der Waals surface area contributed by atoms with Crippen molar-refractivity contribution in [2.45, 2.75) is 156 Å². The normalized spacial score (nSPS) is 12.6. The zero-order valence-corrected chi connectivity index (χ0v) is 18.4. The monoisotopic (exact) mass is 352 g/mol. The molecule has 0 spiro atoms. The minimum Gasteiger partial charge on any atom is -0.0654 e. The van der Waals surface area contributed by atoms with E-state index in [4.69, 9.17) is 0 Å². The van der Waals surface area contributed by atoms with Crippen molar-refractivity contribution in [3.8, 4) is 0 Å². The smallest absolute Gasteiger partial charge is 0.0443 e. The first-order valence-corrected chi connectivity index (χ1v) is 12.3. The summed E-state index contributed by atoms with van der Waals surface area (Å²) >= 11 is 0. The van der Waals surface area contributed by atoms with E-state index in [1.165, 1.54) is 135 Å². The van der Waals surface area contributed by atoms with E-state index in [-0.39, 0.29) is 0 Å². The van der Waals surface area contributed by atoms with Crippen molar-refractivity contribution in [2.75, 3.05) is 0 Å². The van der Waals surface area contributed by atoms with Crippen LogP contribution in [0, 0.1) is 5.92 Å². The highest BCUT2D eigenvalue weighted by atomic mass is 14.1. The summed E-state index contributed by atoms with van der Waals surface area (Å²) < 4.78 is 0. The maximum atomic E-state index is 2.46. The van der Waals surface area contributed by atoms with E-state index >= 15 is 0 Å². The summed E-state index contributed by atoms with van der Waals surface area (Å²) in [6.07, 6.45) is 30.8. The van der Waals surface area contributed by atoms with Crippen molar-refractivity contribution in [3.05, 3.63) is 0 Å². The SMILES string of the molecule is CCCCCCCCCCCCCCCCCCC(C)CCCCC. The number of hydrogen-bond donors (Lipinski definition) is 0. The Morgan fingerprint density at radius 2 is 0.600 bits per heavy atom. The largest absolute Gasteiger partial charge is 0.0654 e. The first-order chi connectivity index (χ1) is 12.3. The molecule has 25 heavy (non-hydrogen) atoms. The molecule has 0 aliphatic heterocycles. The number of hydrogen-bond acceptors (Lipinski definition) is 0. The molecule has 0 aromatic heterocycles. The van der Waals surface area contributed by atoms with Crippen molar-refractivity contribution in [1.82, 2.24) is 0 Å². The Hall–Kier alpha value is 0. The fraction of sp³-hybridized carbons (Fsp3) is 1.00. The van der Waals surface area contributed by atoms with Gasteiger partial charge in [-0.3, -0.25) is 0 Å². The van der Waals surface area contributed by atoms with Crippen molar-refractivity contribution >= 4 is 0 Å². The Bertz CT molecular complexity index is 220. The lowest BCUT2D eigenvalue weighted by atomic mass is 9.96. The van der Waals surface area contributed by atoms with Gasteiger partial charge in [-0.15, -0.1) is 0 Å². The summed E-state index contributed by atoms with van der Waals surface area (Å²) in [5.41, 5.74) is 0. The second kappa shape index (κ2) is 22.0. The van der Waals surface area contributed by atoms with Crippen LogP contribution in [0.2, 0.25) is 0 Å². The Labute approximate surface area is 161 Å². The average molecular weight is 353 g/mol. The van der Waals surface area contributed by atoms with Crippen LogP contribution in [-0.4, -0.2) is 0 Å². The molecule has 0 N–H and O–H groups in total. The summed E-state index contributed by atoms with van der Waals surface area (Å²) in [5.74, 6) is 0.971. The van der Waals surface area contributed by atoms with Crippen LogP contribution < -0.4 is 0 Å². The van der Waals surface area contributed by atoms with Gasteiger partial charge in [0.15, 0.2) is 0 Å². The van der Waals surface area contributed by atoms with E-state index in [0.717, 1.165) is 5.92 Å². The van der Waals surface area contributed by atoms with E-state index < -0.39 is 0 Å². The Balaban J connectivity index is 3.05. The third-order valence-electron chi connectivity index (χ3n) is 5.85. The lowest BCUT2D eigenvalue weighted by Gasteiger charge is -2.10. The van der Waals surface area contributed by atoms with Gasteiger partial charge in [0.05, 0.1) is 0 Å². The molecule has 0 aliphatic rings. The van der Waals surface area contributed by atoms with Gasteiger partial charge < -0.3 is 0 Å². The molecule has 1 atom stereocenters. The maximum Gasteiger partial charge on any atom is -0.0443 e. The summed E-state index contributed by atoms with van der Waals surface area (Å²) in [4.78, 5) is 0. The van der Waals surface area contributed by atoms with E-state index in [1.807, 2.05) is 0 Å². The molecular weight excluding hydrogens is 300 g/mol. The zero-order valence-electron chi connectivity index (χ0n) is 18.4. The van der Waals surface area contributed by atoms with Crippen molar-refractivity contribution in [3.63, 3.8) is 0 Å². The molecule has 0 fully saturated rings. The molecule has 0 radical (unpaired) electrons. The van der Waals surface area contributed by atoms with Gasteiger partial charge in [-0.25, -0.2) is 0 Å². The summed E-state index contributed by atoms with van der Waals surface area (Å²) in [7, 11) is 0. The first-order valence-electron chi connectivity index (χ1n) is 12.3. The fourth-order valence-electron chi connectivity index (χ4n) is 3.93. The van der Waals surface area contributed by atoms with Gasteiger partial charge in [0, 0.05) is 0 Å². The van der Waals surface area contributed by atoms with Crippen LogP contribution in [0.4, 0.5) is 0 Å². The minimum atomic E-state index is 0.971. The molecule has 1 unspecified atom stereocenters. The maximum absolute atomic E-state index is 2.46. The molecule has 152 valence electrons. The third-order valence-corrected chi connectivity index (χ3v) is 5.85. The quantitative estimate of drug-likeness (QED) is 0.180. The molecule has 0 aromatic carbocycles. The molecule has 0 aliphatic carbocycles. The Kier molecular flexibility index (Phi) is 22.0. The Morgan fingerprint density at radius 1 is 0.360 bits per heavy atom.